The van der Waals surface area contributed by atoms with Crippen LogP contribution in [0.5, 0.6) is 0 Å². The molecule has 2 rings (SSSR count). The highest BCUT2D eigenvalue weighted by Gasteiger charge is 2.18. The summed E-state index contributed by atoms with van der Waals surface area (Å²) in [6.45, 7) is 8.18. The van der Waals surface area contributed by atoms with Gasteiger partial charge in [-0.3, -0.25) is 4.79 Å². The van der Waals surface area contributed by atoms with E-state index < -0.39 is 0 Å². The lowest BCUT2D eigenvalue weighted by atomic mass is 9.90. The molecule has 3 N–H and O–H groups in total. The lowest BCUT2D eigenvalue weighted by Gasteiger charge is -2.19. The van der Waals surface area contributed by atoms with E-state index in [9.17, 15) is 4.79 Å². The smallest absolute Gasteiger partial charge is 0.251 e. The fourth-order valence-electron chi connectivity index (χ4n) is 1.84. The van der Waals surface area contributed by atoms with Crippen LogP contribution in [0.3, 0.4) is 0 Å². The van der Waals surface area contributed by atoms with Crippen molar-refractivity contribution in [3.8, 4) is 0 Å². The third kappa shape index (κ3) is 3.81. The number of nitrogens with two attached hydrogens (primary N) is 1. The lowest BCUT2D eigenvalue weighted by Crippen LogP contribution is -2.24. The van der Waals surface area contributed by atoms with E-state index in [0.717, 1.165) is 5.69 Å². The Morgan fingerprint density at radius 2 is 2.05 bits per heavy atom. The Hall–Kier alpha value is -2.37. The molecule has 0 atom stereocenters. The summed E-state index contributed by atoms with van der Waals surface area (Å²) in [5.74, 6) is 0.836. The topological polar surface area (TPSA) is 94.0 Å². The molecule has 0 unspecified atom stereocenters. The molecule has 0 aliphatic rings. The van der Waals surface area contributed by atoms with Crippen LogP contribution in [0.15, 0.2) is 22.7 Å². The summed E-state index contributed by atoms with van der Waals surface area (Å²) in [5.41, 5.74) is 7.57. The van der Waals surface area contributed by atoms with Gasteiger partial charge >= 0.3 is 0 Å². The average molecular weight is 288 g/mol. The monoisotopic (exact) mass is 288 g/mol. The number of pyridine rings is 1. The summed E-state index contributed by atoms with van der Waals surface area (Å²) in [7, 11) is 0. The van der Waals surface area contributed by atoms with E-state index in [1.807, 2.05) is 20.8 Å². The summed E-state index contributed by atoms with van der Waals surface area (Å²) in [5, 5.41) is 6.62. The molecule has 0 aliphatic carbocycles. The molecule has 2 aromatic heterocycles. The van der Waals surface area contributed by atoms with Crippen LogP contribution < -0.4 is 11.1 Å². The summed E-state index contributed by atoms with van der Waals surface area (Å²) >= 11 is 0. The first-order valence-electron chi connectivity index (χ1n) is 6.74. The zero-order chi connectivity index (χ0) is 15.6. The van der Waals surface area contributed by atoms with Gasteiger partial charge in [-0.2, -0.15) is 0 Å². The van der Waals surface area contributed by atoms with Crippen molar-refractivity contribution in [2.24, 2.45) is 0 Å². The van der Waals surface area contributed by atoms with E-state index in [1.54, 1.807) is 25.1 Å². The number of amides is 1. The fourth-order valence-corrected chi connectivity index (χ4v) is 1.84. The number of hydrogen-bond acceptors (Lipinski definition) is 5. The summed E-state index contributed by atoms with van der Waals surface area (Å²) in [6.07, 6.45) is 0. The summed E-state index contributed by atoms with van der Waals surface area (Å²) in [6, 6.07) is 5.11. The Kier molecular flexibility index (Phi) is 3.97. The standard InChI is InChI=1S/C15H20N4O2/c1-9-5-11(19-21-9)8-17-14(20)10-6-12(15(2,3)4)18-13(16)7-10/h5-7H,8H2,1-4H3,(H2,16,18)(H,17,20). The van der Waals surface area contributed by atoms with Gasteiger partial charge in [0.05, 0.1) is 6.54 Å². The van der Waals surface area contributed by atoms with Crippen LogP contribution in [-0.2, 0) is 12.0 Å². The molecule has 0 bridgehead atoms. The lowest BCUT2D eigenvalue weighted by molar-refractivity contribution is 0.0950. The number of carbonyl (C=O) groups is 1. The van der Waals surface area contributed by atoms with Gasteiger partial charge in [-0.1, -0.05) is 25.9 Å². The van der Waals surface area contributed by atoms with Crippen LogP contribution in [-0.4, -0.2) is 16.0 Å². The van der Waals surface area contributed by atoms with Gasteiger partial charge in [-0.25, -0.2) is 4.98 Å². The predicted octanol–water partition coefficient (Wildman–Crippen LogP) is 2.19. The Morgan fingerprint density at radius 1 is 1.33 bits per heavy atom. The minimum Gasteiger partial charge on any atom is -0.384 e. The molecule has 0 aromatic carbocycles. The third-order valence-corrected chi connectivity index (χ3v) is 2.98. The quantitative estimate of drug-likeness (QED) is 0.902. The second kappa shape index (κ2) is 5.55. The van der Waals surface area contributed by atoms with Gasteiger partial charge in [-0.15, -0.1) is 0 Å². The minimum atomic E-state index is -0.213. The number of anilines is 1. The molecule has 0 saturated heterocycles. The normalized spacial score (nSPS) is 11.4. The van der Waals surface area contributed by atoms with E-state index >= 15 is 0 Å². The van der Waals surface area contributed by atoms with E-state index in [-0.39, 0.29) is 11.3 Å². The number of hydrogen-bond donors (Lipinski definition) is 2. The molecule has 0 fully saturated rings. The van der Waals surface area contributed by atoms with E-state index in [1.165, 1.54) is 0 Å². The van der Waals surface area contributed by atoms with Gasteiger partial charge < -0.3 is 15.6 Å². The van der Waals surface area contributed by atoms with Gasteiger partial charge in [0.2, 0.25) is 0 Å². The molecule has 6 nitrogen and oxygen atoms in total. The van der Waals surface area contributed by atoms with Crippen molar-refractivity contribution in [1.82, 2.24) is 15.5 Å². The highest BCUT2D eigenvalue weighted by molar-refractivity contribution is 5.94. The van der Waals surface area contributed by atoms with Crippen molar-refractivity contribution < 1.29 is 9.32 Å². The van der Waals surface area contributed by atoms with Crippen LogP contribution >= 0.6 is 0 Å². The Labute approximate surface area is 123 Å². The molecule has 2 heterocycles. The van der Waals surface area contributed by atoms with Crippen molar-refractivity contribution >= 4 is 11.7 Å². The fraction of sp³-hybridized carbons (Fsp3) is 0.400. The molecule has 112 valence electrons. The number of nitrogen functional groups attached to an aromatic ring is 1. The molecule has 0 aliphatic heterocycles. The van der Waals surface area contributed by atoms with Crippen LogP contribution in [0.4, 0.5) is 5.82 Å². The van der Waals surface area contributed by atoms with Crippen molar-refractivity contribution in [3.63, 3.8) is 0 Å². The first kappa shape index (κ1) is 15.0. The van der Waals surface area contributed by atoms with Crippen molar-refractivity contribution in [2.45, 2.75) is 39.7 Å². The van der Waals surface area contributed by atoms with Gasteiger partial charge in [-0.05, 0) is 19.1 Å². The maximum Gasteiger partial charge on any atom is 0.251 e. The number of carbonyl (C=O) groups excluding carboxylic acids is 1. The first-order valence-corrected chi connectivity index (χ1v) is 6.74. The molecule has 1 amide bonds. The van der Waals surface area contributed by atoms with E-state index in [2.05, 4.69) is 15.5 Å². The van der Waals surface area contributed by atoms with Gasteiger partial charge in [0.15, 0.2) is 0 Å². The highest BCUT2D eigenvalue weighted by atomic mass is 16.5. The molecule has 0 radical (unpaired) electrons. The molecule has 6 heteroatoms. The summed E-state index contributed by atoms with van der Waals surface area (Å²) in [4.78, 5) is 16.5. The number of nitrogens with zero attached hydrogens (tertiary/aromatic N) is 2. The second-order valence-electron chi connectivity index (χ2n) is 6.03. The second-order valence-corrected chi connectivity index (χ2v) is 6.03. The van der Waals surface area contributed by atoms with E-state index in [4.69, 9.17) is 10.3 Å². The Morgan fingerprint density at radius 3 is 2.62 bits per heavy atom. The van der Waals surface area contributed by atoms with Crippen LogP contribution in [0, 0.1) is 6.92 Å². The van der Waals surface area contributed by atoms with Crippen molar-refractivity contribution in [2.75, 3.05) is 5.73 Å². The minimum absolute atomic E-state index is 0.173. The molecule has 21 heavy (non-hydrogen) atoms. The van der Waals surface area contributed by atoms with Crippen LogP contribution in [0.1, 0.15) is 48.3 Å². The molecule has 2 aromatic rings. The predicted molar refractivity (Wildman–Crippen MR) is 79.8 cm³/mol. The number of nitrogens with one attached hydrogen (secondary N) is 1. The first-order chi connectivity index (χ1) is 9.75. The average Bonchev–Trinajstić information content (AvgIpc) is 2.80. The van der Waals surface area contributed by atoms with Gasteiger partial charge in [0.1, 0.15) is 17.3 Å². The SMILES string of the molecule is Cc1cc(CNC(=O)c2cc(N)nc(C(C)(C)C)c2)no1. The molecule has 0 spiro atoms. The zero-order valence-corrected chi connectivity index (χ0v) is 12.7. The van der Waals surface area contributed by atoms with Crippen molar-refractivity contribution in [1.29, 1.82) is 0 Å². The Balaban J connectivity index is 2.13. The number of aryl methyl sites for hydroxylation is 1. The van der Waals surface area contributed by atoms with Gasteiger partial charge in [0, 0.05) is 22.7 Å². The van der Waals surface area contributed by atoms with Crippen molar-refractivity contribution in [3.05, 3.63) is 40.9 Å². The largest absolute Gasteiger partial charge is 0.384 e. The molecular weight excluding hydrogens is 268 g/mol. The molecular formula is C15H20N4O2. The van der Waals surface area contributed by atoms with E-state index in [0.29, 0.717) is 29.4 Å². The van der Waals surface area contributed by atoms with Gasteiger partial charge in [0.25, 0.3) is 5.91 Å². The maximum atomic E-state index is 12.2. The number of aromatic nitrogens is 2. The molecule has 0 saturated carbocycles. The van der Waals surface area contributed by atoms with Crippen LogP contribution in [0.25, 0.3) is 0 Å². The number of rotatable bonds is 3. The Bertz CT molecular complexity index is 656. The highest BCUT2D eigenvalue weighted by Crippen LogP contribution is 2.22. The third-order valence-electron chi connectivity index (χ3n) is 2.98. The maximum absolute atomic E-state index is 12.2. The summed E-state index contributed by atoms with van der Waals surface area (Å²) < 4.78 is 4.95. The zero-order valence-electron chi connectivity index (χ0n) is 12.7. The van der Waals surface area contributed by atoms with Crippen LogP contribution in [0.2, 0.25) is 0 Å².